The van der Waals surface area contributed by atoms with Gasteiger partial charge in [-0.15, -0.1) is 5.10 Å². The van der Waals surface area contributed by atoms with Gasteiger partial charge in [0.25, 0.3) is 5.91 Å². The quantitative estimate of drug-likeness (QED) is 0.892. The Kier molecular flexibility index (Phi) is 3.57. The van der Waals surface area contributed by atoms with Crippen molar-refractivity contribution in [3.63, 3.8) is 0 Å². The number of amides is 1. The number of carbonyl (C=O) groups is 1. The molecule has 2 aromatic rings. The fourth-order valence-corrected chi connectivity index (χ4v) is 1.56. The number of nitrogens with zero attached hydrogens (tertiary/aromatic N) is 2. The first-order chi connectivity index (χ1) is 8.56. The van der Waals surface area contributed by atoms with Gasteiger partial charge in [-0.2, -0.15) is 0 Å². The number of aromatic nitrogens is 3. The van der Waals surface area contributed by atoms with E-state index in [4.69, 9.17) is 11.6 Å². The first-order valence-corrected chi connectivity index (χ1v) is 5.55. The van der Waals surface area contributed by atoms with Crippen molar-refractivity contribution >= 4 is 17.5 Å². The van der Waals surface area contributed by atoms with E-state index in [0.717, 1.165) is 0 Å². The summed E-state index contributed by atoms with van der Waals surface area (Å²) in [6.07, 6.45) is 0. The number of H-pyrrole nitrogens is 1. The molecule has 2 N–H and O–H groups in total. The summed E-state index contributed by atoms with van der Waals surface area (Å²) in [4.78, 5) is 15.5. The number of nitrogens with one attached hydrogen (secondary N) is 2. The number of aryl methyl sites for hydroxylation is 1. The van der Waals surface area contributed by atoms with Crippen LogP contribution in [0.3, 0.4) is 0 Å². The lowest BCUT2D eigenvalue weighted by atomic mass is 10.2. The summed E-state index contributed by atoms with van der Waals surface area (Å²) in [6.45, 7) is 1.93. The molecule has 5 nitrogen and oxygen atoms in total. The molecular weight excluding hydrogens is 259 g/mol. The van der Waals surface area contributed by atoms with Crippen LogP contribution < -0.4 is 5.32 Å². The second-order valence-electron chi connectivity index (χ2n) is 3.68. The Hall–Kier alpha value is -1.95. The molecule has 0 radical (unpaired) electrons. The number of aromatic amines is 1. The van der Waals surface area contributed by atoms with Crippen LogP contribution in [0.15, 0.2) is 18.2 Å². The Balaban J connectivity index is 1.99. The minimum absolute atomic E-state index is 0.0236. The number of hydrogen-bond acceptors (Lipinski definition) is 3. The Morgan fingerprint density at radius 2 is 2.33 bits per heavy atom. The van der Waals surface area contributed by atoms with Gasteiger partial charge >= 0.3 is 0 Å². The van der Waals surface area contributed by atoms with Gasteiger partial charge in [-0.05, 0) is 24.6 Å². The van der Waals surface area contributed by atoms with E-state index in [-0.39, 0.29) is 17.4 Å². The van der Waals surface area contributed by atoms with Crippen molar-refractivity contribution < 1.29 is 9.18 Å². The maximum absolute atomic E-state index is 12.9. The third-order valence-electron chi connectivity index (χ3n) is 2.24. The molecule has 1 aromatic heterocycles. The second kappa shape index (κ2) is 5.14. The number of carbonyl (C=O) groups excluding carboxylic acids is 1. The molecule has 18 heavy (non-hydrogen) atoms. The summed E-state index contributed by atoms with van der Waals surface area (Å²) in [5.41, 5.74) is 0.696. The highest BCUT2D eigenvalue weighted by Gasteiger charge is 2.10. The Morgan fingerprint density at radius 1 is 1.56 bits per heavy atom. The SMILES string of the molecule is Cc1nc(C(=O)NCc2ccc(F)c(Cl)c2)n[nH]1. The van der Waals surface area contributed by atoms with Crippen LogP contribution >= 0.6 is 11.6 Å². The van der Waals surface area contributed by atoms with Crippen molar-refractivity contribution in [1.82, 2.24) is 20.5 Å². The molecule has 94 valence electrons. The molecule has 0 bridgehead atoms. The lowest BCUT2D eigenvalue weighted by Crippen LogP contribution is -2.24. The highest BCUT2D eigenvalue weighted by Crippen LogP contribution is 2.15. The Bertz CT molecular complexity index is 584. The van der Waals surface area contributed by atoms with Gasteiger partial charge in [0.15, 0.2) is 0 Å². The normalized spacial score (nSPS) is 10.4. The van der Waals surface area contributed by atoms with Crippen LogP contribution in [-0.2, 0) is 6.54 Å². The second-order valence-corrected chi connectivity index (χ2v) is 4.08. The van der Waals surface area contributed by atoms with Gasteiger partial charge in [0.1, 0.15) is 11.6 Å². The van der Waals surface area contributed by atoms with Gasteiger partial charge in [0, 0.05) is 6.54 Å². The van der Waals surface area contributed by atoms with Crippen LogP contribution in [0.4, 0.5) is 4.39 Å². The fraction of sp³-hybridized carbons (Fsp3) is 0.182. The third kappa shape index (κ3) is 2.84. The van der Waals surface area contributed by atoms with Crippen molar-refractivity contribution in [2.75, 3.05) is 0 Å². The zero-order valence-electron chi connectivity index (χ0n) is 9.50. The van der Waals surface area contributed by atoms with E-state index in [1.54, 1.807) is 13.0 Å². The molecule has 0 spiro atoms. The topological polar surface area (TPSA) is 70.7 Å². The van der Waals surface area contributed by atoms with Gasteiger partial charge in [-0.25, -0.2) is 9.37 Å². The summed E-state index contributed by atoms with van der Waals surface area (Å²) in [7, 11) is 0. The van der Waals surface area contributed by atoms with Gasteiger partial charge < -0.3 is 5.32 Å². The maximum Gasteiger partial charge on any atom is 0.291 e. The van der Waals surface area contributed by atoms with Crippen LogP contribution in [0, 0.1) is 12.7 Å². The maximum atomic E-state index is 12.9. The van der Waals surface area contributed by atoms with Gasteiger partial charge in [-0.3, -0.25) is 9.89 Å². The van der Waals surface area contributed by atoms with Crippen molar-refractivity contribution in [2.24, 2.45) is 0 Å². The van der Waals surface area contributed by atoms with E-state index >= 15 is 0 Å². The number of benzene rings is 1. The molecule has 0 unspecified atom stereocenters. The van der Waals surface area contributed by atoms with E-state index in [2.05, 4.69) is 20.5 Å². The highest BCUT2D eigenvalue weighted by atomic mass is 35.5. The van der Waals surface area contributed by atoms with Crippen LogP contribution in [0.2, 0.25) is 5.02 Å². The molecule has 0 saturated heterocycles. The molecule has 0 aliphatic carbocycles. The molecule has 1 amide bonds. The molecule has 2 rings (SSSR count). The Morgan fingerprint density at radius 3 is 2.94 bits per heavy atom. The molecule has 1 heterocycles. The first-order valence-electron chi connectivity index (χ1n) is 5.17. The monoisotopic (exact) mass is 268 g/mol. The summed E-state index contributed by atoms with van der Waals surface area (Å²) in [6, 6.07) is 4.26. The van der Waals surface area contributed by atoms with Crippen molar-refractivity contribution in [1.29, 1.82) is 0 Å². The molecule has 0 aliphatic rings. The van der Waals surface area contributed by atoms with Crippen molar-refractivity contribution in [3.05, 3.63) is 46.3 Å². The average molecular weight is 269 g/mol. The molecule has 0 saturated carbocycles. The predicted octanol–water partition coefficient (Wildman–Crippen LogP) is 1.84. The van der Waals surface area contributed by atoms with Crippen LogP contribution in [0.25, 0.3) is 0 Å². The van der Waals surface area contributed by atoms with Crippen molar-refractivity contribution in [2.45, 2.75) is 13.5 Å². The number of hydrogen-bond donors (Lipinski definition) is 2. The fourth-order valence-electron chi connectivity index (χ4n) is 1.36. The average Bonchev–Trinajstić information content (AvgIpc) is 2.77. The highest BCUT2D eigenvalue weighted by molar-refractivity contribution is 6.30. The first kappa shape index (κ1) is 12.5. The lowest BCUT2D eigenvalue weighted by molar-refractivity contribution is 0.0941. The molecule has 0 fully saturated rings. The van der Waals surface area contributed by atoms with Crippen LogP contribution in [0.1, 0.15) is 22.0 Å². The van der Waals surface area contributed by atoms with E-state index in [9.17, 15) is 9.18 Å². The van der Waals surface area contributed by atoms with E-state index in [1.807, 2.05) is 0 Å². The predicted molar refractivity (Wildman–Crippen MR) is 63.7 cm³/mol. The summed E-state index contributed by atoms with van der Waals surface area (Å²) < 4.78 is 12.9. The standard InChI is InChI=1S/C11H10ClFN4O/c1-6-15-10(17-16-6)11(18)14-5-7-2-3-9(13)8(12)4-7/h2-4H,5H2,1H3,(H,14,18)(H,15,16,17). The molecule has 7 heteroatoms. The molecule has 1 aromatic carbocycles. The zero-order chi connectivity index (χ0) is 13.1. The molecular formula is C11H10ClFN4O. The van der Waals surface area contributed by atoms with Crippen molar-refractivity contribution in [3.8, 4) is 0 Å². The summed E-state index contributed by atoms with van der Waals surface area (Å²) >= 11 is 5.63. The smallest absolute Gasteiger partial charge is 0.291 e. The zero-order valence-corrected chi connectivity index (χ0v) is 10.3. The number of halogens is 2. The number of rotatable bonds is 3. The van der Waals surface area contributed by atoms with Gasteiger partial charge in [-0.1, -0.05) is 17.7 Å². The molecule has 0 atom stereocenters. The minimum Gasteiger partial charge on any atom is -0.345 e. The summed E-state index contributed by atoms with van der Waals surface area (Å²) in [5, 5.41) is 8.93. The van der Waals surface area contributed by atoms with E-state index in [1.165, 1.54) is 12.1 Å². The summed E-state index contributed by atoms with van der Waals surface area (Å²) in [5.74, 6) is -0.262. The van der Waals surface area contributed by atoms with Gasteiger partial charge in [0.2, 0.25) is 5.82 Å². The van der Waals surface area contributed by atoms with Crippen LogP contribution in [-0.4, -0.2) is 21.1 Å². The minimum atomic E-state index is -0.490. The van der Waals surface area contributed by atoms with Crippen LogP contribution in [0.5, 0.6) is 0 Å². The molecule has 0 aliphatic heterocycles. The largest absolute Gasteiger partial charge is 0.345 e. The lowest BCUT2D eigenvalue weighted by Gasteiger charge is -2.03. The van der Waals surface area contributed by atoms with E-state index in [0.29, 0.717) is 11.4 Å². The third-order valence-corrected chi connectivity index (χ3v) is 2.53. The van der Waals surface area contributed by atoms with E-state index < -0.39 is 11.7 Å². The van der Waals surface area contributed by atoms with Gasteiger partial charge in [0.05, 0.1) is 5.02 Å². The Labute approximate surface area is 107 Å².